The highest BCUT2D eigenvalue weighted by molar-refractivity contribution is 6.05. The van der Waals surface area contributed by atoms with Crippen LogP contribution in [0.3, 0.4) is 0 Å². The minimum Gasteiger partial charge on any atom is -0.462 e. The number of likely N-dealkylation sites (N-methyl/N-ethyl adjacent to an activating group) is 1. The highest BCUT2D eigenvalue weighted by atomic mass is 16.5. The topological polar surface area (TPSA) is 87.5 Å². The zero-order valence-electron chi connectivity index (χ0n) is 18.8. The predicted molar refractivity (Wildman–Crippen MR) is 127 cm³/mol. The van der Waals surface area contributed by atoms with Crippen LogP contribution in [0.15, 0.2) is 78.4 Å². The van der Waals surface area contributed by atoms with Crippen LogP contribution >= 0.6 is 0 Å². The Morgan fingerprint density at radius 1 is 0.939 bits per heavy atom. The molecule has 2 rings (SSSR count). The monoisotopic (exact) mass is 444 g/mol. The SMILES string of the molecule is CN(CCCCCCOC(=O)C(C#N)=C(c1ccccc1)c1ccccc1)C(=O)/C=C\C=O. The number of hydrogen-bond acceptors (Lipinski definition) is 5. The maximum absolute atomic E-state index is 12.7. The summed E-state index contributed by atoms with van der Waals surface area (Å²) in [5, 5.41) is 9.75. The van der Waals surface area contributed by atoms with E-state index in [4.69, 9.17) is 4.74 Å². The number of esters is 1. The van der Waals surface area contributed by atoms with E-state index in [1.807, 2.05) is 66.7 Å². The Balaban J connectivity index is 1.90. The zero-order valence-corrected chi connectivity index (χ0v) is 18.8. The molecule has 0 unspecified atom stereocenters. The van der Waals surface area contributed by atoms with Gasteiger partial charge in [-0.3, -0.25) is 9.59 Å². The molecule has 0 aliphatic rings. The molecule has 0 N–H and O–H groups in total. The van der Waals surface area contributed by atoms with Gasteiger partial charge >= 0.3 is 5.97 Å². The molecule has 0 radical (unpaired) electrons. The standard InChI is InChI=1S/C27H28N2O4/c1-29(25(31)17-12-19-30)18-10-2-3-11-20-33-27(32)24(21-28)26(22-13-6-4-7-14-22)23-15-8-5-9-16-23/h4-9,12-17,19H,2-3,10-11,18,20H2,1H3/b17-12-. The second-order valence-electron chi connectivity index (χ2n) is 7.40. The smallest absolute Gasteiger partial charge is 0.349 e. The zero-order chi connectivity index (χ0) is 23.9. The first-order valence-electron chi connectivity index (χ1n) is 10.9. The van der Waals surface area contributed by atoms with Gasteiger partial charge in [0.1, 0.15) is 17.9 Å². The van der Waals surface area contributed by atoms with E-state index in [9.17, 15) is 19.6 Å². The van der Waals surface area contributed by atoms with Crippen molar-refractivity contribution in [3.8, 4) is 6.07 Å². The van der Waals surface area contributed by atoms with E-state index in [1.54, 1.807) is 11.9 Å². The molecular weight excluding hydrogens is 416 g/mol. The van der Waals surface area contributed by atoms with Gasteiger partial charge in [-0.2, -0.15) is 5.26 Å². The summed E-state index contributed by atoms with van der Waals surface area (Å²) in [6, 6.07) is 20.7. The lowest BCUT2D eigenvalue weighted by Gasteiger charge is -2.14. The average molecular weight is 445 g/mol. The van der Waals surface area contributed by atoms with E-state index in [0.29, 0.717) is 24.8 Å². The molecule has 0 spiro atoms. The molecule has 2 aromatic rings. The lowest BCUT2D eigenvalue weighted by molar-refractivity contribution is -0.138. The number of aldehydes is 1. The molecular formula is C27H28N2O4. The molecule has 6 heteroatoms. The molecule has 33 heavy (non-hydrogen) atoms. The molecule has 0 atom stereocenters. The van der Waals surface area contributed by atoms with Gasteiger partial charge in [0.2, 0.25) is 5.91 Å². The number of benzene rings is 2. The molecule has 0 aromatic heterocycles. The Labute approximate surface area is 194 Å². The van der Waals surface area contributed by atoms with Crippen molar-refractivity contribution in [1.82, 2.24) is 4.90 Å². The van der Waals surface area contributed by atoms with Crippen molar-refractivity contribution < 1.29 is 19.1 Å². The second kappa shape index (κ2) is 14.2. The predicted octanol–water partition coefficient (Wildman–Crippen LogP) is 4.33. The third kappa shape index (κ3) is 8.23. The summed E-state index contributed by atoms with van der Waals surface area (Å²) in [7, 11) is 1.69. The lowest BCUT2D eigenvalue weighted by atomic mass is 9.93. The molecule has 0 aliphatic carbocycles. The van der Waals surface area contributed by atoms with E-state index in [0.717, 1.165) is 30.4 Å². The summed E-state index contributed by atoms with van der Waals surface area (Å²) in [5.74, 6) is -0.841. The van der Waals surface area contributed by atoms with Crippen molar-refractivity contribution in [3.63, 3.8) is 0 Å². The fraction of sp³-hybridized carbons (Fsp3) is 0.259. The number of unbranched alkanes of at least 4 members (excludes halogenated alkanes) is 3. The van der Waals surface area contributed by atoms with Crippen LogP contribution < -0.4 is 0 Å². The minimum atomic E-state index is -0.632. The van der Waals surface area contributed by atoms with Crippen molar-refractivity contribution in [2.45, 2.75) is 25.7 Å². The Morgan fingerprint density at radius 2 is 1.52 bits per heavy atom. The molecule has 6 nitrogen and oxygen atoms in total. The molecule has 1 amide bonds. The maximum atomic E-state index is 12.7. The number of allylic oxidation sites excluding steroid dienone is 1. The number of carbonyl (C=O) groups is 3. The number of nitriles is 1. The highest BCUT2D eigenvalue weighted by Crippen LogP contribution is 2.27. The van der Waals surface area contributed by atoms with Crippen LogP contribution in [-0.2, 0) is 19.1 Å². The van der Waals surface area contributed by atoms with Gasteiger partial charge in [0.15, 0.2) is 0 Å². The number of carbonyl (C=O) groups excluding carboxylic acids is 3. The molecule has 0 saturated carbocycles. The third-order valence-electron chi connectivity index (χ3n) is 5.01. The molecule has 2 aromatic carbocycles. The van der Waals surface area contributed by atoms with Crippen LogP contribution in [0.25, 0.3) is 5.57 Å². The Morgan fingerprint density at radius 3 is 2.06 bits per heavy atom. The van der Waals surface area contributed by atoms with Gasteiger partial charge in [-0.25, -0.2) is 4.79 Å². The van der Waals surface area contributed by atoms with Crippen molar-refractivity contribution >= 4 is 23.7 Å². The second-order valence-corrected chi connectivity index (χ2v) is 7.40. The van der Waals surface area contributed by atoms with Gasteiger partial charge in [0.05, 0.1) is 6.61 Å². The van der Waals surface area contributed by atoms with Crippen LogP contribution in [0.4, 0.5) is 0 Å². The molecule has 0 fully saturated rings. The number of amides is 1. The number of hydrogen-bond donors (Lipinski definition) is 0. The highest BCUT2D eigenvalue weighted by Gasteiger charge is 2.19. The summed E-state index contributed by atoms with van der Waals surface area (Å²) in [4.78, 5) is 36.2. The van der Waals surface area contributed by atoms with Crippen molar-refractivity contribution in [3.05, 3.63) is 89.5 Å². The first-order valence-corrected chi connectivity index (χ1v) is 10.9. The van der Waals surface area contributed by atoms with E-state index in [-0.39, 0.29) is 18.1 Å². The Kier molecular flexibility index (Phi) is 10.8. The third-order valence-corrected chi connectivity index (χ3v) is 5.01. The van der Waals surface area contributed by atoms with Crippen LogP contribution in [-0.4, -0.2) is 43.3 Å². The Hall–Kier alpha value is -3.98. The van der Waals surface area contributed by atoms with E-state index in [1.165, 1.54) is 12.2 Å². The summed E-state index contributed by atoms with van der Waals surface area (Å²) in [6.45, 7) is 0.804. The van der Waals surface area contributed by atoms with Crippen LogP contribution in [0.5, 0.6) is 0 Å². The Bertz CT molecular complexity index is 980. The van der Waals surface area contributed by atoms with Gasteiger partial charge in [-0.15, -0.1) is 0 Å². The normalized spacial score (nSPS) is 10.3. The van der Waals surface area contributed by atoms with Gasteiger partial charge in [0.25, 0.3) is 0 Å². The number of nitrogens with zero attached hydrogens (tertiary/aromatic N) is 2. The summed E-state index contributed by atoms with van der Waals surface area (Å²) in [5.41, 5.74) is 2.09. The van der Waals surface area contributed by atoms with Crippen molar-refractivity contribution in [2.24, 2.45) is 0 Å². The molecule has 0 bridgehead atoms. The van der Waals surface area contributed by atoms with Crippen molar-refractivity contribution in [1.29, 1.82) is 5.26 Å². The lowest BCUT2D eigenvalue weighted by Crippen LogP contribution is -2.25. The summed E-state index contributed by atoms with van der Waals surface area (Å²) < 4.78 is 5.40. The number of ether oxygens (including phenoxy) is 1. The summed E-state index contributed by atoms with van der Waals surface area (Å²) >= 11 is 0. The first kappa shape index (κ1) is 25.3. The van der Waals surface area contributed by atoms with Crippen molar-refractivity contribution in [2.75, 3.05) is 20.2 Å². The molecule has 0 aliphatic heterocycles. The minimum absolute atomic E-state index is 0.0177. The van der Waals surface area contributed by atoms with E-state index in [2.05, 4.69) is 0 Å². The fourth-order valence-electron chi connectivity index (χ4n) is 3.27. The van der Waals surface area contributed by atoms with Gasteiger partial charge in [-0.1, -0.05) is 67.1 Å². The largest absolute Gasteiger partial charge is 0.462 e. The average Bonchev–Trinajstić information content (AvgIpc) is 2.85. The number of rotatable bonds is 12. The fourth-order valence-corrected chi connectivity index (χ4v) is 3.27. The van der Waals surface area contributed by atoms with Crippen LogP contribution in [0.1, 0.15) is 36.8 Å². The first-order chi connectivity index (χ1) is 16.1. The molecule has 0 saturated heterocycles. The van der Waals surface area contributed by atoms with E-state index < -0.39 is 5.97 Å². The summed E-state index contributed by atoms with van der Waals surface area (Å²) in [6.07, 6.45) is 6.16. The molecule has 0 heterocycles. The van der Waals surface area contributed by atoms with Crippen LogP contribution in [0, 0.1) is 11.3 Å². The van der Waals surface area contributed by atoms with E-state index >= 15 is 0 Å². The van der Waals surface area contributed by atoms with Gasteiger partial charge in [0, 0.05) is 25.2 Å². The maximum Gasteiger partial charge on any atom is 0.349 e. The molecule has 170 valence electrons. The van der Waals surface area contributed by atoms with Gasteiger partial charge < -0.3 is 9.64 Å². The quantitative estimate of drug-likeness (QED) is 0.160. The van der Waals surface area contributed by atoms with Gasteiger partial charge in [-0.05, 0) is 36.5 Å². The van der Waals surface area contributed by atoms with Crippen LogP contribution in [0.2, 0.25) is 0 Å².